The van der Waals surface area contributed by atoms with Crippen LogP contribution in [0.25, 0.3) is 0 Å². The molecule has 0 aliphatic rings. The zero-order valence-corrected chi connectivity index (χ0v) is 12.0. The van der Waals surface area contributed by atoms with Gasteiger partial charge in [0.1, 0.15) is 11.4 Å². The molecule has 0 aliphatic heterocycles. The molecule has 1 aromatic heterocycles. The Balaban J connectivity index is 3.30. The van der Waals surface area contributed by atoms with Crippen molar-refractivity contribution in [2.24, 2.45) is 0 Å². The summed E-state index contributed by atoms with van der Waals surface area (Å²) in [5, 5.41) is 3.04. The average molecular weight is 288 g/mol. The van der Waals surface area contributed by atoms with Crippen molar-refractivity contribution < 1.29 is 4.74 Å². The van der Waals surface area contributed by atoms with E-state index < -0.39 is 5.60 Å². The molecule has 1 atom stereocenters. The lowest BCUT2D eigenvalue weighted by molar-refractivity contribution is -0.00902. The average Bonchev–Trinajstić information content (AvgIpc) is 2.31. The molecular formula is C11H18BrN3O. The summed E-state index contributed by atoms with van der Waals surface area (Å²) in [6.45, 7) is 6.00. The largest absolute Gasteiger partial charge is 0.372 e. The zero-order valence-electron chi connectivity index (χ0n) is 10.4. The summed E-state index contributed by atoms with van der Waals surface area (Å²) in [7, 11) is 3.52. The molecule has 0 aliphatic carbocycles. The molecule has 5 heteroatoms. The van der Waals surface area contributed by atoms with E-state index in [9.17, 15) is 0 Å². The number of aryl methyl sites for hydroxylation is 1. The number of methoxy groups -OCH3 is 1. The van der Waals surface area contributed by atoms with E-state index in [0.717, 1.165) is 22.4 Å². The van der Waals surface area contributed by atoms with Crippen LogP contribution >= 0.6 is 15.9 Å². The van der Waals surface area contributed by atoms with Gasteiger partial charge in [-0.1, -0.05) is 6.92 Å². The fourth-order valence-electron chi connectivity index (χ4n) is 1.36. The minimum atomic E-state index is -0.433. The van der Waals surface area contributed by atoms with Crippen LogP contribution in [0.15, 0.2) is 4.47 Å². The summed E-state index contributed by atoms with van der Waals surface area (Å²) < 4.78 is 6.40. The van der Waals surface area contributed by atoms with Gasteiger partial charge in [0.05, 0.1) is 10.2 Å². The molecule has 90 valence electrons. The quantitative estimate of drug-likeness (QED) is 0.925. The highest BCUT2D eigenvalue weighted by Gasteiger charge is 2.28. The van der Waals surface area contributed by atoms with Crippen molar-refractivity contribution in [2.75, 3.05) is 19.5 Å². The van der Waals surface area contributed by atoms with Crippen LogP contribution in [0.2, 0.25) is 0 Å². The first-order valence-corrected chi connectivity index (χ1v) is 6.05. The molecule has 0 saturated heterocycles. The van der Waals surface area contributed by atoms with Crippen LogP contribution in [-0.4, -0.2) is 24.1 Å². The summed E-state index contributed by atoms with van der Waals surface area (Å²) in [5.41, 5.74) is 0.475. The third-order valence-electron chi connectivity index (χ3n) is 2.85. The Hall–Kier alpha value is -0.680. The Kier molecular flexibility index (Phi) is 4.27. The summed E-state index contributed by atoms with van der Waals surface area (Å²) in [5.74, 6) is 1.50. The van der Waals surface area contributed by atoms with Gasteiger partial charge in [-0.05, 0) is 36.2 Å². The number of ether oxygens (including phenoxy) is 1. The van der Waals surface area contributed by atoms with E-state index in [1.165, 1.54) is 0 Å². The first-order valence-electron chi connectivity index (χ1n) is 5.26. The smallest absolute Gasteiger partial charge is 0.162 e. The summed E-state index contributed by atoms with van der Waals surface area (Å²) in [6, 6.07) is 0. The molecule has 0 fully saturated rings. The SMILES string of the molecule is CCC(C)(OC)c1nc(C)c(Br)c(NC)n1. The van der Waals surface area contributed by atoms with Crippen LogP contribution in [0.4, 0.5) is 5.82 Å². The van der Waals surface area contributed by atoms with Gasteiger partial charge in [0, 0.05) is 14.2 Å². The normalized spacial score (nSPS) is 14.6. The molecule has 1 unspecified atom stereocenters. The Bertz CT molecular complexity index is 378. The fourth-order valence-corrected chi connectivity index (χ4v) is 1.73. The number of anilines is 1. The van der Waals surface area contributed by atoms with Crippen molar-refractivity contribution in [1.29, 1.82) is 0 Å². The second kappa shape index (κ2) is 5.10. The van der Waals surface area contributed by atoms with E-state index in [0.29, 0.717) is 5.82 Å². The number of nitrogens with zero attached hydrogens (tertiary/aromatic N) is 2. The van der Waals surface area contributed by atoms with Crippen molar-refractivity contribution in [3.63, 3.8) is 0 Å². The lowest BCUT2D eigenvalue weighted by atomic mass is 10.0. The highest BCUT2D eigenvalue weighted by molar-refractivity contribution is 9.10. The molecule has 0 aromatic carbocycles. The monoisotopic (exact) mass is 287 g/mol. The van der Waals surface area contributed by atoms with Gasteiger partial charge in [-0.25, -0.2) is 9.97 Å². The van der Waals surface area contributed by atoms with Gasteiger partial charge in [0.25, 0.3) is 0 Å². The topological polar surface area (TPSA) is 47.0 Å². The molecule has 1 heterocycles. The molecular weight excluding hydrogens is 270 g/mol. The Morgan fingerprint density at radius 3 is 2.50 bits per heavy atom. The molecule has 0 amide bonds. The predicted molar refractivity (Wildman–Crippen MR) is 68.7 cm³/mol. The van der Waals surface area contributed by atoms with Crippen LogP contribution < -0.4 is 5.32 Å². The number of halogens is 1. The standard InChI is InChI=1S/C11H18BrN3O/c1-6-11(3,16-5)10-14-7(2)8(12)9(13-4)15-10/h6H2,1-5H3,(H,13,14,15). The van der Waals surface area contributed by atoms with Gasteiger partial charge in [0.2, 0.25) is 0 Å². The van der Waals surface area contributed by atoms with Crippen molar-refractivity contribution in [3.05, 3.63) is 16.0 Å². The Morgan fingerprint density at radius 1 is 1.44 bits per heavy atom. The first kappa shape index (κ1) is 13.4. The molecule has 1 rings (SSSR count). The second-order valence-corrected chi connectivity index (χ2v) is 4.63. The van der Waals surface area contributed by atoms with Gasteiger partial charge in [-0.2, -0.15) is 0 Å². The molecule has 0 spiro atoms. The van der Waals surface area contributed by atoms with Crippen molar-refractivity contribution >= 4 is 21.7 Å². The predicted octanol–water partition coefficient (Wildman–Crippen LogP) is 2.86. The molecule has 0 saturated carbocycles. The van der Waals surface area contributed by atoms with Gasteiger partial charge in [-0.15, -0.1) is 0 Å². The zero-order chi connectivity index (χ0) is 12.3. The first-order chi connectivity index (χ1) is 7.48. The summed E-state index contributed by atoms with van der Waals surface area (Å²) in [6.07, 6.45) is 0.827. The van der Waals surface area contributed by atoms with Gasteiger partial charge < -0.3 is 10.1 Å². The van der Waals surface area contributed by atoms with E-state index in [2.05, 4.69) is 38.1 Å². The summed E-state index contributed by atoms with van der Waals surface area (Å²) in [4.78, 5) is 8.94. The van der Waals surface area contributed by atoms with Crippen LogP contribution in [0, 0.1) is 6.92 Å². The van der Waals surface area contributed by atoms with E-state index >= 15 is 0 Å². The highest BCUT2D eigenvalue weighted by atomic mass is 79.9. The highest BCUT2D eigenvalue weighted by Crippen LogP contribution is 2.30. The lowest BCUT2D eigenvalue weighted by Gasteiger charge is -2.25. The number of hydrogen-bond acceptors (Lipinski definition) is 4. The summed E-state index contributed by atoms with van der Waals surface area (Å²) >= 11 is 3.46. The molecule has 0 radical (unpaired) electrons. The second-order valence-electron chi connectivity index (χ2n) is 3.83. The number of hydrogen-bond donors (Lipinski definition) is 1. The minimum Gasteiger partial charge on any atom is -0.372 e. The van der Waals surface area contributed by atoms with Crippen LogP contribution in [-0.2, 0) is 10.3 Å². The molecule has 1 aromatic rings. The van der Waals surface area contributed by atoms with Crippen LogP contribution in [0.1, 0.15) is 31.8 Å². The molecule has 1 N–H and O–H groups in total. The van der Waals surface area contributed by atoms with Crippen LogP contribution in [0.3, 0.4) is 0 Å². The van der Waals surface area contributed by atoms with Gasteiger partial charge in [-0.3, -0.25) is 0 Å². The van der Waals surface area contributed by atoms with Crippen molar-refractivity contribution in [2.45, 2.75) is 32.8 Å². The minimum absolute atomic E-state index is 0.433. The molecule has 4 nitrogen and oxygen atoms in total. The third kappa shape index (κ3) is 2.35. The number of rotatable bonds is 4. The van der Waals surface area contributed by atoms with Crippen molar-refractivity contribution in [1.82, 2.24) is 9.97 Å². The van der Waals surface area contributed by atoms with Crippen molar-refractivity contribution in [3.8, 4) is 0 Å². The maximum absolute atomic E-state index is 5.50. The van der Waals surface area contributed by atoms with E-state index in [1.54, 1.807) is 7.11 Å². The maximum Gasteiger partial charge on any atom is 0.162 e. The Labute approximate surface area is 105 Å². The van der Waals surface area contributed by atoms with Crippen LogP contribution in [0.5, 0.6) is 0 Å². The fraction of sp³-hybridized carbons (Fsp3) is 0.636. The maximum atomic E-state index is 5.50. The lowest BCUT2D eigenvalue weighted by Crippen LogP contribution is -2.27. The third-order valence-corrected chi connectivity index (χ3v) is 3.80. The number of aromatic nitrogens is 2. The van der Waals surface area contributed by atoms with E-state index in [4.69, 9.17) is 4.74 Å². The number of nitrogens with one attached hydrogen (secondary N) is 1. The Morgan fingerprint density at radius 2 is 2.06 bits per heavy atom. The van der Waals surface area contributed by atoms with E-state index in [-0.39, 0.29) is 0 Å². The van der Waals surface area contributed by atoms with E-state index in [1.807, 2.05) is 20.9 Å². The van der Waals surface area contributed by atoms with Gasteiger partial charge in [0.15, 0.2) is 5.82 Å². The van der Waals surface area contributed by atoms with Gasteiger partial charge >= 0.3 is 0 Å². The molecule has 0 bridgehead atoms. The molecule has 16 heavy (non-hydrogen) atoms.